The molecule has 0 radical (unpaired) electrons. The van der Waals surface area contributed by atoms with E-state index in [-0.39, 0.29) is 24.2 Å². The summed E-state index contributed by atoms with van der Waals surface area (Å²) >= 11 is 6.08. The third-order valence-electron chi connectivity index (χ3n) is 5.92. The first-order valence-electron chi connectivity index (χ1n) is 11.1. The molecule has 3 aromatic carbocycles. The molecule has 10 heteroatoms. The summed E-state index contributed by atoms with van der Waals surface area (Å²) in [7, 11) is 1.51. The summed E-state index contributed by atoms with van der Waals surface area (Å²) in [6.07, 6.45) is 0.156. The van der Waals surface area contributed by atoms with Gasteiger partial charge in [-0.1, -0.05) is 29.8 Å². The van der Waals surface area contributed by atoms with Crippen LogP contribution in [0.4, 0.5) is 11.4 Å². The number of hydrogen-bond donors (Lipinski definition) is 0. The molecule has 0 saturated carbocycles. The van der Waals surface area contributed by atoms with Crippen LogP contribution < -0.4 is 9.64 Å². The van der Waals surface area contributed by atoms with Gasteiger partial charge in [-0.15, -0.1) is 0 Å². The smallest absolute Gasteiger partial charge is 0.270 e. The van der Waals surface area contributed by atoms with Gasteiger partial charge < -0.3 is 9.64 Å². The van der Waals surface area contributed by atoms with Gasteiger partial charge in [0.1, 0.15) is 11.8 Å². The number of amides is 3. The van der Waals surface area contributed by atoms with E-state index < -0.39 is 28.7 Å². The van der Waals surface area contributed by atoms with Crippen molar-refractivity contribution >= 4 is 40.7 Å². The first-order chi connectivity index (χ1) is 17.3. The van der Waals surface area contributed by atoms with Crippen molar-refractivity contribution in [2.45, 2.75) is 18.9 Å². The molecular weight excluding hydrogens is 486 g/mol. The minimum Gasteiger partial charge on any atom is -0.497 e. The van der Waals surface area contributed by atoms with Crippen molar-refractivity contribution in [1.82, 2.24) is 4.90 Å². The molecule has 1 aliphatic rings. The molecular formula is C26H22ClN3O6. The lowest BCUT2D eigenvalue weighted by Crippen LogP contribution is -2.46. The van der Waals surface area contributed by atoms with Crippen molar-refractivity contribution in [3.8, 4) is 5.75 Å². The van der Waals surface area contributed by atoms with E-state index in [2.05, 4.69) is 0 Å². The third-order valence-corrected chi connectivity index (χ3v) is 6.16. The van der Waals surface area contributed by atoms with Crippen LogP contribution in [0.3, 0.4) is 0 Å². The predicted octanol–water partition coefficient (Wildman–Crippen LogP) is 4.27. The van der Waals surface area contributed by atoms with Crippen LogP contribution in [0.15, 0.2) is 72.8 Å². The lowest BCUT2D eigenvalue weighted by atomic mass is 10.1. The Morgan fingerprint density at radius 2 is 1.83 bits per heavy atom. The number of nitrogens with zero attached hydrogens (tertiary/aromatic N) is 3. The quantitative estimate of drug-likeness (QED) is 0.256. The molecule has 9 nitrogen and oxygen atoms in total. The predicted molar refractivity (Wildman–Crippen MR) is 133 cm³/mol. The molecule has 1 fully saturated rings. The van der Waals surface area contributed by atoms with Gasteiger partial charge in [-0.3, -0.25) is 24.5 Å². The molecule has 0 aliphatic carbocycles. The van der Waals surface area contributed by atoms with Crippen LogP contribution in [0.1, 0.15) is 22.3 Å². The number of hydrogen-bond acceptors (Lipinski definition) is 6. The lowest BCUT2D eigenvalue weighted by Gasteiger charge is -2.28. The number of non-ortho nitro benzene ring substituents is 1. The van der Waals surface area contributed by atoms with Gasteiger partial charge in [0.2, 0.25) is 5.91 Å². The Kier molecular flexibility index (Phi) is 7.30. The van der Waals surface area contributed by atoms with Crippen molar-refractivity contribution < 1.29 is 24.0 Å². The Hall–Kier alpha value is -4.24. The summed E-state index contributed by atoms with van der Waals surface area (Å²) in [5, 5.41) is 11.8. The van der Waals surface area contributed by atoms with Gasteiger partial charge in [-0.25, -0.2) is 4.90 Å². The van der Waals surface area contributed by atoms with Gasteiger partial charge in [0.15, 0.2) is 0 Å². The lowest BCUT2D eigenvalue weighted by molar-refractivity contribution is -0.384. The Bertz CT molecular complexity index is 1330. The monoisotopic (exact) mass is 507 g/mol. The average molecular weight is 508 g/mol. The Balaban J connectivity index is 1.65. The SMILES string of the molecule is COc1ccc(N2C(=O)CC(N(CCc3cccc(Cl)c3)C(=O)c3cccc([N+](=O)[O-])c3)C2=O)cc1. The summed E-state index contributed by atoms with van der Waals surface area (Å²) < 4.78 is 5.14. The second-order valence-corrected chi connectivity index (χ2v) is 8.61. The summed E-state index contributed by atoms with van der Waals surface area (Å²) in [6.45, 7) is 0.0992. The molecule has 3 amide bonds. The number of ether oxygens (including phenoxy) is 1. The van der Waals surface area contributed by atoms with Gasteiger partial charge in [0.25, 0.3) is 17.5 Å². The molecule has 36 heavy (non-hydrogen) atoms. The second kappa shape index (κ2) is 10.6. The van der Waals surface area contributed by atoms with E-state index in [0.29, 0.717) is 22.9 Å². The molecule has 1 aliphatic heterocycles. The van der Waals surface area contributed by atoms with Crippen LogP contribution in [-0.4, -0.2) is 47.2 Å². The second-order valence-electron chi connectivity index (χ2n) is 8.17. The standard InChI is InChI=1S/C26H22ClN3O6/c1-36-22-10-8-20(9-11-22)29-24(31)16-23(26(29)33)28(13-12-17-4-2-6-19(27)14-17)25(32)18-5-3-7-21(15-18)30(34)35/h2-11,14-15,23H,12-13,16H2,1H3. The molecule has 3 aromatic rings. The molecule has 1 unspecified atom stereocenters. The highest BCUT2D eigenvalue weighted by atomic mass is 35.5. The van der Waals surface area contributed by atoms with Crippen molar-refractivity contribution in [2.75, 3.05) is 18.6 Å². The highest BCUT2D eigenvalue weighted by molar-refractivity contribution is 6.30. The van der Waals surface area contributed by atoms with Crippen LogP contribution in [0.2, 0.25) is 5.02 Å². The molecule has 0 N–H and O–H groups in total. The van der Waals surface area contributed by atoms with E-state index in [9.17, 15) is 24.5 Å². The number of anilines is 1. The highest BCUT2D eigenvalue weighted by Crippen LogP contribution is 2.29. The van der Waals surface area contributed by atoms with E-state index in [0.717, 1.165) is 16.5 Å². The maximum Gasteiger partial charge on any atom is 0.270 e. The maximum atomic E-state index is 13.6. The van der Waals surface area contributed by atoms with E-state index in [1.54, 1.807) is 42.5 Å². The van der Waals surface area contributed by atoms with Gasteiger partial charge in [-0.2, -0.15) is 0 Å². The topological polar surface area (TPSA) is 110 Å². The van der Waals surface area contributed by atoms with Gasteiger partial charge in [0, 0.05) is 29.3 Å². The molecule has 0 spiro atoms. The van der Waals surface area contributed by atoms with E-state index >= 15 is 0 Å². The van der Waals surface area contributed by atoms with E-state index in [1.165, 1.54) is 30.2 Å². The minimum atomic E-state index is -1.06. The molecule has 0 bridgehead atoms. The molecule has 0 aromatic heterocycles. The fourth-order valence-corrected chi connectivity index (χ4v) is 4.33. The molecule has 184 valence electrons. The molecule has 1 saturated heterocycles. The van der Waals surface area contributed by atoms with E-state index in [4.69, 9.17) is 16.3 Å². The van der Waals surface area contributed by atoms with Crippen LogP contribution in [0.5, 0.6) is 5.75 Å². The number of rotatable bonds is 8. The summed E-state index contributed by atoms with van der Waals surface area (Å²) in [5.41, 5.74) is 1.01. The van der Waals surface area contributed by atoms with Gasteiger partial charge in [-0.05, 0) is 54.4 Å². The van der Waals surface area contributed by atoms with Gasteiger partial charge in [0.05, 0.1) is 24.1 Å². The molecule has 4 rings (SSSR count). The van der Waals surface area contributed by atoms with Crippen molar-refractivity contribution in [1.29, 1.82) is 0 Å². The largest absolute Gasteiger partial charge is 0.497 e. The summed E-state index contributed by atoms with van der Waals surface area (Å²) in [5.74, 6) is -1.01. The number of carbonyl (C=O) groups is 3. The van der Waals surface area contributed by atoms with Crippen LogP contribution in [-0.2, 0) is 16.0 Å². The maximum absolute atomic E-state index is 13.6. The number of methoxy groups -OCH3 is 1. The zero-order valence-corrected chi connectivity index (χ0v) is 20.1. The highest BCUT2D eigenvalue weighted by Gasteiger charge is 2.44. The fourth-order valence-electron chi connectivity index (χ4n) is 4.12. The van der Waals surface area contributed by atoms with Gasteiger partial charge >= 0.3 is 0 Å². The summed E-state index contributed by atoms with van der Waals surface area (Å²) in [4.78, 5) is 52.9. The molecule has 1 heterocycles. The number of carbonyl (C=O) groups excluding carboxylic acids is 3. The Morgan fingerprint density at radius 3 is 2.50 bits per heavy atom. The van der Waals surface area contributed by atoms with Crippen molar-refractivity contribution in [3.63, 3.8) is 0 Å². The number of imide groups is 1. The minimum absolute atomic E-state index is 0.0541. The zero-order chi connectivity index (χ0) is 25.8. The number of benzene rings is 3. The molecule has 1 atom stereocenters. The third kappa shape index (κ3) is 5.21. The Morgan fingerprint density at radius 1 is 1.11 bits per heavy atom. The Labute approximate surface area is 212 Å². The van der Waals surface area contributed by atoms with Crippen molar-refractivity contribution in [2.24, 2.45) is 0 Å². The van der Waals surface area contributed by atoms with Crippen LogP contribution >= 0.6 is 11.6 Å². The first kappa shape index (κ1) is 24.9. The first-order valence-corrected chi connectivity index (χ1v) is 11.5. The van der Waals surface area contributed by atoms with E-state index in [1.807, 2.05) is 6.07 Å². The fraction of sp³-hybridized carbons (Fsp3) is 0.192. The zero-order valence-electron chi connectivity index (χ0n) is 19.3. The number of nitro benzene ring substituents is 1. The average Bonchev–Trinajstić information content (AvgIpc) is 3.17. The number of halogens is 1. The number of nitro groups is 1. The summed E-state index contributed by atoms with van der Waals surface area (Å²) in [6, 6.07) is 17.8. The van der Waals surface area contributed by atoms with Crippen LogP contribution in [0, 0.1) is 10.1 Å². The normalized spacial score (nSPS) is 15.2. The van der Waals surface area contributed by atoms with Crippen molar-refractivity contribution in [3.05, 3.63) is 99.1 Å². The van der Waals surface area contributed by atoms with Crippen LogP contribution in [0.25, 0.3) is 0 Å².